The quantitative estimate of drug-likeness (QED) is 0.878. The van der Waals surface area contributed by atoms with E-state index >= 15 is 0 Å². The average Bonchev–Trinajstić information content (AvgIpc) is 2.71. The Bertz CT molecular complexity index is 405. The highest BCUT2D eigenvalue weighted by Gasteiger charge is 2.30. The lowest BCUT2D eigenvalue weighted by Gasteiger charge is -2.22. The van der Waals surface area contributed by atoms with Crippen LogP contribution in [0.3, 0.4) is 0 Å². The zero-order valence-electron chi connectivity index (χ0n) is 12.6. The standard InChI is InChI=1S/C15H26N4/c1-5-16-13-6-7-17-14(8-13)10-19-9-12(2)15(11-19)18(3)4/h6-8,12,15H,5,9-11H2,1-4H3,(H,16,17). The van der Waals surface area contributed by atoms with Crippen molar-refractivity contribution in [1.29, 1.82) is 0 Å². The Labute approximate surface area is 116 Å². The van der Waals surface area contributed by atoms with Crippen LogP contribution < -0.4 is 5.32 Å². The molecular weight excluding hydrogens is 236 g/mol. The van der Waals surface area contributed by atoms with Crippen LogP contribution in [0.25, 0.3) is 0 Å². The maximum absolute atomic E-state index is 4.48. The maximum Gasteiger partial charge on any atom is 0.0564 e. The minimum Gasteiger partial charge on any atom is -0.385 e. The van der Waals surface area contributed by atoms with E-state index in [9.17, 15) is 0 Å². The van der Waals surface area contributed by atoms with Gasteiger partial charge in [0.15, 0.2) is 0 Å². The number of likely N-dealkylation sites (tertiary alicyclic amines) is 1. The molecule has 4 heteroatoms. The van der Waals surface area contributed by atoms with Crippen molar-refractivity contribution in [3.8, 4) is 0 Å². The molecule has 1 aromatic heterocycles. The largest absolute Gasteiger partial charge is 0.385 e. The predicted octanol–water partition coefficient (Wildman–Crippen LogP) is 1.90. The van der Waals surface area contributed by atoms with Crippen LogP contribution in [0.4, 0.5) is 5.69 Å². The third-order valence-electron chi connectivity index (χ3n) is 3.89. The van der Waals surface area contributed by atoms with Gasteiger partial charge in [0, 0.05) is 44.1 Å². The molecule has 0 saturated carbocycles. The molecule has 19 heavy (non-hydrogen) atoms. The first-order valence-electron chi connectivity index (χ1n) is 7.17. The Balaban J connectivity index is 1.96. The molecule has 0 radical (unpaired) electrons. The van der Waals surface area contributed by atoms with Gasteiger partial charge in [-0.1, -0.05) is 6.92 Å². The van der Waals surface area contributed by atoms with Gasteiger partial charge in [0.05, 0.1) is 5.69 Å². The zero-order chi connectivity index (χ0) is 13.8. The molecule has 1 aromatic rings. The molecule has 1 fully saturated rings. The highest BCUT2D eigenvalue weighted by molar-refractivity contribution is 5.42. The second-order valence-corrected chi connectivity index (χ2v) is 5.77. The van der Waals surface area contributed by atoms with Gasteiger partial charge in [0.25, 0.3) is 0 Å². The van der Waals surface area contributed by atoms with Crippen molar-refractivity contribution in [1.82, 2.24) is 14.8 Å². The van der Waals surface area contributed by atoms with E-state index in [-0.39, 0.29) is 0 Å². The van der Waals surface area contributed by atoms with Crippen molar-refractivity contribution >= 4 is 5.69 Å². The van der Waals surface area contributed by atoms with Crippen LogP contribution in [0.15, 0.2) is 18.3 Å². The first-order chi connectivity index (χ1) is 9.10. The summed E-state index contributed by atoms with van der Waals surface area (Å²) in [6, 6.07) is 4.86. The second-order valence-electron chi connectivity index (χ2n) is 5.77. The molecule has 2 heterocycles. The molecule has 1 aliphatic heterocycles. The molecule has 2 unspecified atom stereocenters. The third kappa shape index (κ3) is 3.67. The Kier molecular flexibility index (Phi) is 4.77. The lowest BCUT2D eigenvalue weighted by atomic mass is 10.1. The van der Waals surface area contributed by atoms with Gasteiger partial charge in [0.2, 0.25) is 0 Å². The summed E-state index contributed by atoms with van der Waals surface area (Å²) < 4.78 is 0. The number of anilines is 1. The SMILES string of the molecule is CCNc1ccnc(CN2CC(C)C(N(C)C)C2)c1. The summed E-state index contributed by atoms with van der Waals surface area (Å²) in [5.41, 5.74) is 2.33. The van der Waals surface area contributed by atoms with Gasteiger partial charge in [-0.15, -0.1) is 0 Å². The molecule has 0 aliphatic carbocycles. The Hall–Kier alpha value is -1.13. The molecule has 1 aliphatic rings. The van der Waals surface area contributed by atoms with Gasteiger partial charge >= 0.3 is 0 Å². The van der Waals surface area contributed by atoms with Crippen molar-refractivity contribution in [2.75, 3.05) is 39.0 Å². The van der Waals surface area contributed by atoms with E-state index in [4.69, 9.17) is 0 Å². The Morgan fingerprint density at radius 1 is 1.42 bits per heavy atom. The van der Waals surface area contributed by atoms with Gasteiger partial charge in [-0.2, -0.15) is 0 Å². The van der Waals surface area contributed by atoms with E-state index in [1.54, 1.807) is 0 Å². The summed E-state index contributed by atoms with van der Waals surface area (Å²) >= 11 is 0. The van der Waals surface area contributed by atoms with Crippen molar-refractivity contribution in [3.63, 3.8) is 0 Å². The van der Waals surface area contributed by atoms with Gasteiger partial charge in [0.1, 0.15) is 0 Å². The van der Waals surface area contributed by atoms with Crippen LogP contribution in [-0.2, 0) is 6.54 Å². The molecule has 2 rings (SSSR count). The van der Waals surface area contributed by atoms with Crippen LogP contribution in [0.2, 0.25) is 0 Å². The van der Waals surface area contributed by atoms with Crippen LogP contribution in [-0.4, -0.2) is 54.6 Å². The molecule has 1 saturated heterocycles. The number of aromatic nitrogens is 1. The maximum atomic E-state index is 4.48. The highest BCUT2D eigenvalue weighted by atomic mass is 15.2. The molecule has 1 N–H and O–H groups in total. The van der Waals surface area contributed by atoms with Crippen LogP contribution in [0, 0.1) is 5.92 Å². The lowest BCUT2D eigenvalue weighted by molar-refractivity contribution is 0.249. The number of rotatable bonds is 5. The Morgan fingerprint density at radius 3 is 2.84 bits per heavy atom. The van der Waals surface area contributed by atoms with Crippen molar-refractivity contribution < 1.29 is 0 Å². The smallest absolute Gasteiger partial charge is 0.0564 e. The van der Waals surface area contributed by atoms with Crippen molar-refractivity contribution in [3.05, 3.63) is 24.0 Å². The van der Waals surface area contributed by atoms with Gasteiger partial charge in [-0.25, -0.2) is 0 Å². The third-order valence-corrected chi connectivity index (χ3v) is 3.89. The Morgan fingerprint density at radius 2 is 2.21 bits per heavy atom. The topological polar surface area (TPSA) is 31.4 Å². The van der Waals surface area contributed by atoms with E-state index in [1.165, 1.54) is 5.69 Å². The fourth-order valence-electron chi connectivity index (χ4n) is 2.96. The monoisotopic (exact) mass is 262 g/mol. The van der Waals surface area contributed by atoms with Crippen molar-refractivity contribution in [2.45, 2.75) is 26.4 Å². The van der Waals surface area contributed by atoms with Gasteiger partial charge < -0.3 is 10.2 Å². The van der Waals surface area contributed by atoms with Gasteiger partial charge in [-0.3, -0.25) is 9.88 Å². The number of nitrogens with zero attached hydrogens (tertiary/aromatic N) is 3. The van der Waals surface area contributed by atoms with E-state index in [0.29, 0.717) is 6.04 Å². The predicted molar refractivity (Wildman–Crippen MR) is 80.3 cm³/mol. The van der Waals surface area contributed by atoms with Crippen LogP contribution in [0.1, 0.15) is 19.5 Å². The zero-order valence-corrected chi connectivity index (χ0v) is 12.6. The average molecular weight is 262 g/mol. The highest BCUT2D eigenvalue weighted by Crippen LogP contribution is 2.21. The molecule has 0 spiro atoms. The number of hydrogen-bond donors (Lipinski definition) is 1. The molecule has 2 atom stereocenters. The fourth-order valence-corrected chi connectivity index (χ4v) is 2.96. The van der Waals surface area contributed by atoms with Crippen LogP contribution >= 0.6 is 0 Å². The number of pyridine rings is 1. The summed E-state index contributed by atoms with van der Waals surface area (Å²) in [6.45, 7) is 8.66. The summed E-state index contributed by atoms with van der Waals surface area (Å²) in [7, 11) is 4.35. The second kappa shape index (κ2) is 6.35. The first kappa shape index (κ1) is 14.3. The normalized spacial score (nSPS) is 24.1. The molecule has 0 aromatic carbocycles. The summed E-state index contributed by atoms with van der Waals surface area (Å²) in [5.74, 6) is 0.729. The molecule has 0 amide bonds. The number of hydrogen-bond acceptors (Lipinski definition) is 4. The molecule has 4 nitrogen and oxygen atoms in total. The summed E-state index contributed by atoms with van der Waals surface area (Å²) in [6.07, 6.45) is 1.90. The first-order valence-corrected chi connectivity index (χ1v) is 7.17. The van der Waals surface area contributed by atoms with E-state index in [0.717, 1.165) is 37.8 Å². The van der Waals surface area contributed by atoms with Crippen molar-refractivity contribution in [2.24, 2.45) is 5.92 Å². The fraction of sp³-hybridized carbons (Fsp3) is 0.667. The number of likely N-dealkylation sites (N-methyl/N-ethyl adjacent to an activating group) is 1. The van der Waals surface area contributed by atoms with E-state index < -0.39 is 0 Å². The summed E-state index contributed by atoms with van der Waals surface area (Å²) in [5, 5.41) is 3.34. The molecular formula is C15H26N4. The molecule has 106 valence electrons. The lowest BCUT2D eigenvalue weighted by Crippen LogP contribution is -2.34. The molecule has 0 bridgehead atoms. The summed E-state index contributed by atoms with van der Waals surface area (Å²) in [4.78, 5) is 9.33. The van der Waals surface area contributed by atoms with Gasteiger partial charge in [-0.05, 0) is 39.1 Å². The minimum atomic E-state index is 0.664. The minimum absolute atomic E-state index is 0.664. The number of nitrogens with one attached hydrogen (secondary N) is 1. The van der Waals surface area contributed by atoms with Crippen LogP contribution in [0.5, 0.6) is 0 Å². The van der Waals surface area contributed by atoms with E-state index in [1.807, 2.05) is 12.3 Å². The van der Waals surface area contributed by atoms with E-state index in [2.05, 4.69) is 54.1 Å².